The smallest absolute Gasteiger partial charge is 0.310 e. The second-order valence-corrected chi connectivity index (χ2v) is 9.01. The van der Waals surface area contributed by atoms with Gasteiger partial charge in [0.25, 0.3) is 5.92 Å². The molecule has 2 aliphatic rings. The van der Waals surface area contributed by atoms with Crippen molar-refractivity contribution in [3.05, 3.63) is 29.1 Å². The fourth-order valence-electron chi connectivity index (χ4n) is 4.52. The van der Waals surface area contributed by atoms with E-state index in [1.54, 1.807) is 16.6 Å². The third-order valence-electron chi connectivity index (χ3n) is 6.33. The van der Waals surface area contributed by atoms with Crippen molar-refractivity contribution in [2.24, 2.45) is 13.0 Å². The van der Waals surface area contributed by atoms with E-state index in [0.717, 1.165) is 30.5 Å². The molecule has 0 aromatic carbocycles. The van der Waals surface area contributed by atoms with E-state index in [-0.39, 0.29) is 19.4 Å². The van der Waals surface area contributed by atoms with E-state index in [1.165, 1.54) is 7.11 Å². The molecule has 0 amide bonds. The molecule has 0 radical (unpaired) electrons. The van der Waals surface area contributed by atoms with Gasteiger partial charge in [0.2, 0.25) is 0 Å². The van der Waals surface area contributed by atoms with Crippen molar-refractivity contribution in [3.63, 3.8) is 0 Å². The number of carbonyl (C=O) groups excluding carboxylic acids is 1. The SMILES string of the molecule is COC(=O)C1CN(Cc2ccc(-c3nnn(C)c3COC3CCCCO3)nc2C)CC(F)(F)C1. The number of nitrogens with zero attached hydrogens (tertiary/aromatic N) is 5. The van der Waals surface area contributed by atoms with E-state index >= 15 is 0 Å². The number of alkyl halides is 2. The van der Waals surface area contributed by atoms with Crippen molar-refractivity contribution < 1.29 is 27.8 Å². The summed E-state index contributed by atoms with van der Waals surface area (Å²) in [5.74, 6) is -4.41. The molecule has 0 saturated carbocycles. The third-order valence-corrected chi connectivity index (χ3v) is 6.33. The van der Waals surface area contributed by atoms with Crippen LogP contribution in [-0.4, -0.2) is 69.9 Å². The highest BCUT2D eigenvalue weighted by molar-refractivity contribution is 5.72. The summed E-state index contributed by atoms with van der Waals surface area (Å²) in [4.78, 5) is 18.1. The highest BCUT2D eigenvalue weighted by Gasteiger charge is 2.43. The minimum absolute atomic E-state index is 0.221. The topological polar surface area (TPSA) is 91.6 Å². The highest BCUT2D eigenvalue weighted by Crippen LogP contribution is 2.32. The van der Waals surface area contributed by atoms with Gasteiger partial charge in [-0.3, -0.25) is 14.7 Å². The lowest BCUT2D eigenvalue weighted by Gasteiger charge is -2.36. The highest BCUT2D eigenvalue weighted by atomic mass is 19.3. The number of pyridine rings is 1. The average Bonchev–Trinajstić information content (AvgIpc) is 3.18. The molecule has 2 fully saturated rings. The van der Waals surface area contributed by atoms with Crippen molar-refractivity contribution in [2.45, 2.75) is 58.0 Å². The summed E-state index contributed by atoms with van der Waals surface area (Å²) < 4.78 is 46.4. The van der Waals surface area contributed by atoms with Crippen LogP contribution >= 0.6 is 0 Å². The fourth-order valence-corrected chi connectivity index (χ4v) is 4.52. The molecule has 34 heavy (non-hydrogen) atoms. The number of hydrogen-bond donors (Lipinski definition) is 0. The molecule has 0 aliphatic carbocycles. The molecular formula is C23H31F2N5O4. The Labute approximate surface area is 197 Å². The average molecular weight is 480 g/mol. The van der Waals surface area contributed by atoms with Gasteiger partial charge < -0.3 is 14.2 Å². The number of aryl methyl sites for hydroxylation is 2. The molecule has 186 valence electrons. The third kappa shape index (κ3) is 5.76. The minimum atomic E-state index is -2.95. The predicted octanol–water partition coefficient (Wildman–Crippen LogP) is 2.86. The minimum Gasteiger partial charge on any atom is -0.469 e. The summed E-state index contributed by atoms with van der Waals surface area (Å²) in [6.45, 7) is 2.91. The first-order chi connectivity index (χ1) is 16.3. The van der Waals surface area contributed by atoms with E-state index < -0.39 is 30.8 Å². The van der Waals surface area contributed by atoms with Gasteiger partial charge in [0.15, 0.2) is 6.29 Å². The summed E-state index contributed by atoms with van der Waals surface area (Å²) in [6, 6.07) is 3.67. The number of ether oxygens (including phenoxy) is 3. The Balaban J connectivity index is 1.47. The van der Waals surface area contributed by atoms with Crippen LogP contribution in [0.3, 0.4) is 0 Å². The van der Waals surface area contributed by atoms with Crippen LogP contribution in [0, 0.1) is 12.8 Å². The van der Waals surface area contributed by atoms with E-state index in [9.17, 15) is 13.6 Å². The van der Waals surface area contributed by atoms with Crippen molar-refractivity contribution in [3.8, 4) is 11.4 Å². The molecule has 9 nitrogen and oxygen atoms in total. The van der Waals surface area contributed by atoms with Gasteiger partial charge in [-0.05, 0) is 37.8 Å². The Morgan fingerprint density at radius 3 is 2.85 bits per heavy atom. The monoisotopic (exact) mass is 479 g/mol. The summed E-state index contributed by atoms with van der Waals surface area (Å²) in [5, 5.41) is 8.38. The Hall–Kier alpha value is -2.50. The zero-order valence-corrected chi connectivity index (χ0v) is 19.8. The van der Waals surface area contributed by atoms with Gasteiger partial charge in [-0.15, -0.1) is 5.10 Å². The number of halogens is 2. The van der Waals surface area contributed by atoms with E-state index in [1.807, 2.05) is 19.1 Å². The molecule has 2 aliphatic heterocycles. The molecule has 2 aromatic rings. The summed E-state index contributed by atoms with van der Waals surface area (Å²) in [5.41, 5.74) is 3.54. The number of carbonyl (C=O) groups is 1. The van der Waals surface area contributed by atoms with Crippen molar-refractivity contribution >= 4 is 5.97 Å². The van der Waals surface area contributed by atoms with Crippen LogP contribution in [0.1, 0.15) is 42.6 Å². The molecule has 0 spiro atoms. The fraction of sp³-hybridized carbons (Fsp3) is 0.652. The number of aromatic nitrogens is 4. The van der Waals surface area contributed by atoms with Crippen LogP contribution in [0.15, 0.2) is 12.1 Å². The molecule has 2 atom stereocenters. The Bertz CT molecular complexity index is 1010. The number of esters is 1. The standard InChI is InChI=1S/C23H31F2N5O4/c1-15-16(11-30-12-17(22(31)32-3)10-23(24,25)14-30)7-8-18(26-15)21-19(29(2)28-27-21)13-34-20-6-4-5-9-33-20/h7-8,17,20H,4-6,9-14H2,1-3H3. The number of likely N-dealkylation sites (tertiary alicyclic amines) is 1. The Kier molecular flexibility index (Phi) is 7.54. The molecule has 2 saturated heterocycles. The lowest BCUT2D eigenvalue weighted by atomic mass is 9.94. The van der Waals surface area contributed by atoms with E-state index in [4.69, 9.17) is 14.2 Å². The number of rotatable bonds is 7. The van der Waals surface area contributed by atoms with Gasteiger partial charge in [-0.2, -0.15) is 0 Å². The first-order valence-electron chi connectivity index (χ1n) is 11.5. The maximum atomic E-state index is 14.2. The second kappa shape index (κ2) is 10.4. The quantitative estimate of drug-likeness (QED) is 0.560. The van der Waals surface area contributed by atoms with Crippen molar-refractivity contribution in [1.29, 1.82) is 0 Å². The van der Waals surface area contributed by atoms with Crippen molar-refractivity contribution in [1.82, 2.24) is 24.9 Å². The summed E-state index contributed by atoms with van der Waals surface area (Å²) in [6.07, 6.45) is 2.26. The maximum Gasteiger partial charge on any atom is 0.310 e. The van der Waals surface area contributed by atoms with Gasteiger partial charge in [-0.1, -0.05) is 11.3 Å². The lowest BCUT2D eigenvalue weighted by molar-refractivity contribution is -0.169. The first-order valence-corrected chi connectivity index (χ1v) is 11.5. The van der Waals surface area contributed by atoms with E-state index in [2.05, 4.69) is 15.3 Å². The van der Waals surface area contributed by atoms with Gasteiger partial charge in [0.05, 0.1) is 37.6 Å². The molecule has 2 aromatic heterocycles. The first kappa shape index (κ1) is 24.6. The largest absolute Gasteiger partial charge is 0.469 e. The molecular weight excluding hydrogens is 448 g/mol. The zero-order chi connectivity index (χ0) is 24.3. The van der Waals surface area contributed by atoms with Crippen LogP contribution < -0.4 is 0 Å². The van der Waals surface area contributed by atoms with Crippen LogP contribution in [0.5, 0.6) is 0 Å². The molecule has 0 N–H and O–H groups in total. The van der Waals surface area contributed by atoms with E-state index in [0.29, 0.717) is 30.3 Å². The zero-order valence-electron chi connectivity index (χ0n) is 19.8. The molecule has 2 unspecified atom stereocenters. The van der Waals surface area contributed by atoms with Gasteiger partial charge in [0.1, 0.15) is 5.69 Å². The summed E-state index contributed by atoms with van der Waals surface area (Å²) >= 11 is 0. The Morgan fingerprint density at radius 1 is 1.32 bits per heavy atom. The van der Waals surface area contributed by atoms with Crippen LogP contribution in [0.4, 0.5) is 8.78 Å². The van der Waals surface area contributed by atoms with Crippen LogP contribution in [0.2, 0.25) is 0 Å². The Morgan fingerprint density at radius 2 is 2.15 bits per heavy atom. The number of piperidine rings is 1. The molecule has 11 heteroatoms. The maximum absolute atomic E-state index is 14.2. The van der Waals surface area contributed by atoms with Gasteiger partial charge in [0, 0.05) is 38.9 Å². The van der Waals surface area contributed by atoms with Crippen LogP contribution in [-0.2, 0) is 39.2 Å². The predicted molar refractivity (Wildman–Crippen MR) is 118 cm³/mol. The number of methoxy groups -OCH3 is 1. The van der Waals surface area contributed by atoms with Gasteiger partial charge in [-0.25, -0.2) is 13.5 Å². The normalized spacial score (nSPS) is 23.1. The number of hydrogen-bond acceptors (Lipinski definition) is 8. The lowest BCUT2D eigenvalue weighted by Crippen LogP contribution is -2.49. The summed E-state index contributed by atoms with van der Waals surface area (Å²) in [7, 11) is 3.02. The van der Waals surface area contributed by atoms with Crippen molar-refractivity contribution in [2.75, 3.05) is 26.8 Å². The van der Waals surface area contributed by atoms with Gasteiger partial charge >= 0.3 is 5.97 Å². The van der Waals surface area contributed by atoms with Crippen LogP contribution in [0.25, 0.3) is 11.4 Å². The second-order valence-electron chi connectivity index (χ2n) is 9.01. The molecule has 4 heterocycles. The molecule has 0 bridgehead atoms. The molecule has 4 rings (SSSR count).